The minimum Gasteiger partial charge on any atom is -0.489 e. The molecule has 0 radical (unpaired) electrons. The van der Waals surface area contributed by atoms with Crippen molar-refractivity contribution in [3.8, 4) is 5.75 Å². The Kier molecular flexibility index (Phi) is 4.71. The summed E-state index contributed by atoms with van der Waals surface area (Å²) in [4.78, 5) is 32.2. The van der Waals surface area contributed by atoms with Crippen LogP contribution in [0.3, 0.4) is 0 Å². The van der Waals surface area contributed by atoms with E-state index in [-0.39, 0.29) is 29.4 Å². The number of amides is 1. The molecule has 0 spiro atoms. The lowest BCUT2D eigenvalue weighted by Gasteiger charge is -2.37. The van der Waals surface area contributed by atoms with Gasteiger partial charge in [0.2, 0.25) is 5.91 Å². The van der Waals surface area contributed by atoms with Crippen molar-refractivity contribution in [3.05, 3.63) is 101 Å². The molecule has 1 atom stereocenters. The van der Waals surface area contributed by atoms with Gasteiger partial charge in [0.05, 0.1) is 29.0 Å². The van der Waals surface area contributed by atoms with Crippen molar-refractivity contribution in [3.63, 3.8) is 0 Å². The van der Waals surface area contributed by atoms with E-state index in [1.165, 1.54) is 29.1 Å². The van der Waals surface area contributed by atoms with Gasteiger partial charge in [0.25, 0.3) is 5.56 Å². The molecule has 1 amide bonds. The molecule has 0 unspecified atom stereocenters. The van der Waals surface area contributed by atoms with Crippen LogP contribution in [0.1, 0.15) is 11.6 Å². The summed E-state index contributed by atoms with van der Waals surface area (Å²) in [7, 11) is 0. The molecule has 1 aromatic heterocycles. The number of anilines is 1. The molecular formula is C24H18FN3O3. The largest absolute Gasteiger partial charge is 0.489 e. The molecule has 0 aliphatic carbocycles. The number of fused-ring (bicyclic) bond motifs is 2. The molecule has 0 saturated heterocycles. The lowest BCUT2D eigenvalue weighted by molar-refractivity contribution is -0.120. The molecule has 0 N–H and O–H groups in total. The van der Waals surface area contributed by atoms with Crippen molar-refractivity contribution in [2.24, 2.45) is 0 Å². The van der Waals surface area contributed by atoms with Gasteiger partial charge in [-0.25, -0.2) is 9.37 Å². The van der Waals surface area contributed by atoms with Gasteiger partial charge in [0.1, 0.15) is 24.7 Å². The topological polar surface area (TPSA) is 64.4 Å². The number of rotatable bonds is 3. The molecule has 7 heteroatoms. The van der Waals surface area contributed by atoms with Crippen LogP contribution in [0.25, 0.3) is 10.9 Å². The van der Waals surface area contributed by atoms with Crippen LogP contribution in [-0.2, 0) is 11.3 Å². The molecule has 31 heavy (non-hydrogen) atoms. The van der Waals surface area contributed by atoms with Gasteiger partial charge >= 0.3 is 0 Å². The Hall–Kier alpha value is -4.00. The van der Waals surface area contributed by atoms with Gasteiger partial charge in [0, 0.05) is 6.07 Å². The standard InChI is InChI=1S/C24H18FN3O3/c25-17-10-11-18-19(12-17)26-15-27(24(18)30)13-23(29)28-20-8-4-5-9-22(20)31-14-21(28)16-6-2-1-3-7-16/h1-12,15,21H,13-14H2/t21-/m0/s1. The third-order valence-corrected chi connectivity index (χ3v) is 5.38. The van der Waals surface area contributed by atoms with E-state index in [0.717, 1.165) is 5.56 Å². The fourth-order valence-corrected chi connectivity index (χ4v) is 3.88. The molecule has 2 heterocycles. The highest BCUT2D eigenvalue weighted by Gasteiger charge is 2.33. The molecule has 154 valence electrons. The number of aromatic nitrogens is 2. The smallest absolute Gasteiger partial charge is 0.261 e. The number of ether oxygens (including phenoxy) is 1. The first-order chi connectivity index (χ1) is 15.1. The molecule has 4 aromatic rings. The van der Waals surface area contributed by atoms with Crippen LogP contribution in [0.15, 0.2) is 83.9 Å². The van der Waals surface area contributed by atoms with Gasteiger partial charge in [-0.05, 0) is 29.8 Å². The minimum atomic E-state index is -0.469. The van der Waals surface area contributed by atoms with Gasteiger partial charge in [-0.3, -0.25) is 19.1 Å². The van der Waals surface area contributed by atoms with Gasteiger partial charge in [0.15, 0.2) is 0 Å². The van der Waals surface area contributed by atoms with E-state index in [4.69, 9.17) is 4.74 Å². The highest BCUT2D eigenvalue weighted by Crippen LogP contribution is 2.39. The maximum Gasteiger partial charge on any atom is 0.261 e. The van der Waals surface area contributed by atoms with E-state index in [1.54, 1.807) is 4.90 Å². The summed E-state index contributed by atoms with van der Waals surface area (Å²) in [5.74, 6) is -0.124. The zero-order valence-electron chi connectivity index (χ0n) is 16.4. The van der Waals surface area contributed by atoms with Crippen molar-refractivity contribution < 1.29 is 13.9 Å². The normalized spacial score (nSPS) is 15.4. The van der Waals surface area contributed by atoms with Gasteiger partial charge in [-0.15, -0.1) is 0 Å². The number of halogens is 1. The lowest BCUT2D eigenvalue weighted by Crippen LogP contribution is -2.43. The number of para-hydroxylation sites is 2. The molecule has 3 aromatic carbocycles. The zero-order chi connectivity index (χ0) is 21.4. The first-order valence-electron chi connectivity index (χ1n) is 9.85. The van der Waals surface area contributed by atoms with E-state index in [0.29, 0.717) is 18.0 Å². The number of carbonyl (C=O) groups is 1. The third kappa shape index (κ3) is 3.44. The van der Waals surface area contributed by atoms with Crippen LogP contribution in [0.4, 0.5) is 10.1 Å². The average Bonchev–Trinajstić information content (AvgIpc) is 2.80. The summed E-state index contributed by atoms with van der Waals surface area (Å²) in [6, 6.07) is 20.4. The van der Waals surface area contributed by atoms with E-state index in [1.807, 2.05) is 54.6 Å². The molecule has 0 bridgehead atoms. The number of benzene rings is 3. The second kappa shape index (κ2) is 7.68. The molecule has 1 aliphatic rings. The van der Waals surface area contributed by atoms with Crippen molar-refractivity contribution in [2.45, 2.75) is 12.6 Å². The van der Waals surface area contributed by atoms with Crippen LogP contribution in [0, 0.1) is 5.82 Å². The summed E-state index contributed by atoms with van der Waals surface area (Å²) < 4.78 is 20.6. The number of nitrogens with zero attached hydrogens (tertiary/aromatic N) is 3. The molecule has 6 nitrogen and oxygen atoms in total. The second-order valence-electron chi connectivity index (χ2n) is 7.31. The summed E-state index contributed by atoms with van der Waals surface area (Å²) in [6.07, 6.45) is 1.28. The zero-order valence-corrected chi connectivity index (χ0v) is 16.4. The SMILES string of the molecule is O=C(Cn1cnc2cc(F)ccc2c1=O)N1c2ccccc2OC[C@H]1c1ccccc1. The molecule has 0 saturated carbocycles. The third-order valence-electron chi connectivity index (χ3n) is 5.38. The molecule has 1 aliphatic heterocycles. The Bertz CT molecular complexity index is 1340. The van der Waals surface area contributed by atoms with Gasteiger partial charge < -0.3 is 4.74 Å². The predicted octanol–water partition coefficient (Wildman–Crippen LogP) is 3.70. The highest BCUT2D eigenvalue weighted by atomic mass is 19.1. The summed E-state index contributed by atoms with van der Waals surface area (Å²) in [5.41, 5.74) is 1.45. The Balaban J connectivity index is 1.54. The quantitative estimate of drug-likeness (QED) is 0.512. The maximum atomic E-state index is 13.5. The van der Waals surface area contributed by atoms with E-state index < -0.39 is 11.4 Å². The summed E-state index contributed by atoms with van der Waals surface area (Å²) in [5, 5.41) is 0.263. The number of hydrogen-bond acceptors (Lipinski definition) is 4. The predicted molar refractivity (Wildman–Crippen MR) is 115 cm³/mol. The van der Waals surface area contributed by atoms with Crippen molar-refractivity contribution in [2.75, 3.05) is 11.5 Å². The van der Waals surface area contributed by atoms with Gasteiger partial charge in [-0.1, -0.05) is 42.5 Å². The fraction of sp³-hybridized carbons (Fsp3) is 0.125. The summed E-state index contributed by atoms with van der Waals surface area (Å²) in [6.45, 7) is 0.105. The van der Waals surface area contributed by atoms with Crippen molar-refractivity contribution in [1.29, 1.82) is 0 Å². The van der Waals surface area contributed by atoms with E-state index >= 15 is 0 Å². The van der Waals surface area contributed by atoms with Crippen LogP contribution in [-0.4, -0.2) is 22.1 Å². The fourth-order valence-electron chi connectivity index (χ4n) is 3.88. The Labute approximate surface area is 177 Å². The monoisotopic (exact) mass is 415 g/mol. The van der Waals surface area contributed by atoms with Crippen LogP contribution < -0.4 is 15.2 Å². The second-order valence-corrected chi connectivity index (χ2v) is 7.31. The average molecular weight is 415 g/mol. The van der Waals surface area contributed by atoms with Gasteiger partial charge in [-0.2, -0.15) is 0 Å². The first-order valence-corrected chi connectivity index (χ1v) is 9.85. The first kappa shape index (κ1) is 19.0. The molecular weight excluding hydrogens is 397 g/mol. The highest BCUT2D eigenvalue weighted by molar-refractivity contribution is 5.96. The van der Waals surface area contributed by atoms with Crippen LogP contribution >= 0.6 is 0 Å². The van der Waals surface area contributed by atoms with Crippen LogP contribution in [0.5, 0.6) is 5.75 Å². The Morgan fingerprint density at radius 3 is 2.68 bits per heavy atom. The van der Waals surface area contributed by atoms with Crippen molar-refractivity contribution in [1.82, 2.24) is 9.55 Å². The summed E-state index contributed by atoms with van der Waals surface area (Å²) >= 11 is 0. The minimum absolute atomic E-state index is 0.198. The Morgan fingerprint density at radius 1 is 1.06 bits per heavy atom. The van der Waals surface area contributed by atoms with Crippen LogP contribution in [0.2, 0.25) is 0 Å². The van der Waals surface area contributed by atoms with Crippen molar-refractivity contribution >= 4 is 22.5 Å². The maximum absolute atomic E-state index is 13.5. The Morgan fingerprint density at radius 2 is 1.84 bits per heavy atom. The van der Waals surface area contributed by atoms with E-state index in [2.05, 4.69) is 4.98 Å². The lowest BCUT2D eigenvalue weighted by atomic mass is 10.0. The van der Waals surface area contributed by atoms with E-state index in [9.17, 15) is 14.0 Å². The molecule has 0 fully saturated rings. The molecule has 5 rings (SSSR count). The number of hydrogen-bond donors (Lipinski definition) is 0. The number of carbonyl (C=O) groups excluding carboxylic acids is 1.